The van der Waals surface area contributed by atoms with Gasteiger partial charge in [0.15, 0.2) is 5.65 Å². The molecule has 0 aliphatic heterocycles. The van der Waals surface area contributed by atoms with Gasteiger partial charge in [0.1, 0.15) is 12.0 Å². The Morgan fingerprint density at radius 2 is 1.94 bits per heavy atom. The molecule has 3 rings (SSSR count). The van der Waals surface area contributed by atoms with Crippen LogP contribution in [0.4, 0.5) is 23.4 Å². The molecule has 0 aliphatic rings. The van der Waals surface area contributed by atoms with E-state index >= 15 is 0 Å². The molecule has 13 heteroatoms. The number of nitrogens with two attached hydrogens (primary N) is 1. The van der Waals surface area contributed by atoms with Crippen molar-refractivity contribution in [1.82, 2.24) is 19.6 Å². The third-order valence-corrected chi connectivity index (χ3v) is 5.16. The molecule has 0 aromatic carbocycles. The topological polar surface area (TPSA) is 110 Å². The number of fused-ring (bicyclic) bond motifs is 1. The fraction of sp³-hybridized carbons (Fsp3) is 0.400. The molecule has 3 aromatic heterocycles. The van der Waals surface area contributed by atoms with Crippen LogP contribution in [0.2, 0.25) is 5.02 Å². The van der Waals surface area contributed by atoms with E-state index in [1.165, 1.54) is 49.1 Å². The summed E-state index contributed by atoms with van der Waals surface area (Å²) in [5.74, 6) is -0.842. The summed E-state index contributed by atoms with van der Waals surface area (Å²) < 4.78 is 57.1. The van der Waals surface area contributed by atoms with Gasteiger partial charge < -0.3 is 15.7 Å². The van der Waals surface area contributed by atoms with E-state index in [1.54, 1.807) is 0 Å². The summed E-state index contributed by atoms with van der Waals surface area (Å²) in [7, 11) is 0. The van der Waals surface area contributed by atoms with Crippen molar-refractivity contribution in [3.05, 3.63) is 53.1 Å². The lowest BCUT2D eigenvalue weighted by molar-refractivity contribution is -0.139. The zero-order valence-corrected chi connectivity index (χ0v) is 18.3. The second kappa shape index (κ2) is 9.10. The van der Waals surface area contributed by atoms with Crippen LogP contribution < -0.4 is 10.6 Å². The lowest BCUT2D eigenvalue weighted by Crippen LogP contribution is -2.45. The first-order chi connectivity index (χ1) is 15.3. The number of primary amides is 1. The van der Waals surface area contributed by atoms with Crippen molar-refractivity contribution < 1.29 is 27.5 Å². The zero-order chi connectivity index (χ0) is 24.6. The number of aliphatic hydroxyl groups is 1. The number of hydrogen-bond acceptors (Lipinski definition) is 6. The number of amides is 1. The average molecular weight is 489 g/mol. The lowest BCUT2D eigenvalue weighted by atomic mass is 9.99. The van der Waals surface area contributed by atoms with Gasteiger partial charge in [0.05, 0.1) is 47.6 Å². The van der Waals surface area contributed by atoms with Crippen LogP contribution in [0.3, 0.4) is 0 Å². The molecular weight excluding hydrogens is 468 g/mol. The molecule has 0 saturated carbocycles. The summed E-state index contributed by atoms with van der Waals surface area (Å²) in [5, 5.41) is 14.3. The second-order valence-electron chi connectivity index (χ2n) is 8.02. The summed E-state index contributed by atoms with van der Waals surface area (Å²) in [4.78, 5) is 20.5. The van der Waals surface area contributed by atoms with E-state index in [4.69, 9.17) is 17.3 Å². The molecule has 0 fully saturated rings. The van der Waals surface area contributed by atoms with Crippen LogP contribution in [0, 0.1) is 0 Å². The van der Waals surface area contributed by atoms with Gasteiger partial charge in [0.2, 0.25) is 5.91 Å². The number of alkyl halides is 4. The maximum Gasteiger partial charge on any atom is 0.391 e. The Morgan fingerprint density at radius 3 is 2.48 bits per heavy atom. The van der Waals surface area contributed by atoms with Crippen LogP contribution in [-0.4, -0.2) is 55.1 Å². The van der Waals surface area contributed by atoms with Crippen molar-refractivity contribution in [2.75, 3.05) is 11.4 Å². The summed E-state index contributed by atoms with van der Waals surface area (Å²) in [5.41, 5.74) is 3.53. The number of halogens is 5. The number of pyridine rings is 1. The SMILES string of the molecule is CC(C)(O)[C@H](F)CN(c1ccc(C(N)=O)cn1)[C@H](CC(F)(F)F)c1cnn2cc(Cl)cnc12. The van der Waals surface area contributed by atoms with Gasteiger partial charge in [-0.05, 0) is 26.0 Å². The van der Waals surface area contributed by atoms with Gasteiger partial charge in [-0.2, -0.15) is 18.3 Å². The van der Waals surface area contributed by atoms with Gasteiger partial charge in [-0.1, -0.05) is 11.6 Å². The number of nitrogens with zero attached hydrogens (tertiary/aromatic N) is 5. The molecule has 0 aliphatic carbocycles. The Labute approximate surface area is 191 Å². The summed E-state index contributed by atoms with van der Waals surface area (Å²) >= 11 is 5.89. The Bertz CT molecular complexity index is 1130. The smallest absolute Gasteiger partial charge is 0.387 e. The van der Waals surface area contributed by atoms with E-state index in [-0.39, 0.29) is 27.6 Å². The third kappa shape index (κ3) is 5.88. The molecule has 8 nitrogen and oxygen atoms in total. The molecular formula is C20H21ClF4N6O2. The highest BCUT2D eigenvalue weighted by Crippen LogP contribution is 2.38. The molecule has 3 heterocycles. The van der Waals surface area contributed by atoms with Crippen LogP contribution in [0.15, 0.2) is 36.9 Å². The number of hydrogen-bond donors (Lipinski definition) is 2. The summed E-state index contributed by atoms with van der Waals surface area (Å²) in [6.45, 7) is 1.77. The second-order valence-corrected chi connectivity index (χ2v) is 8.45. The fourth-order valence-corrected chi connectivity index (χ4v) is 3.33. The quantitative estimate of drug-likeness (QED) is 0.470. The monoisotopic (exact) mass is 488 g/mol. The van der Waals surface area contributed by atoms with Crippen molar-refractivity contribution in [2.24, 2.45) is 5.73 Å². The van der Waals surface area contributed by atoms with Crippen molar-refractivity contribution in [1.29, 1.82) is 0 Å². The Balaban J connectivity index is 2.16. The van der Waals surface area contributed by atoms with Crippen molar-refractivity contribution in [2.45, 2.75) is 44.3 Å². The minimum absolute atomic E-state index is 0.0256. The highest BCUT2D eigenvalue weighted by Gasteiger charge is 2.40. The van der Waals surface area contributed by atoms with Crippen LogP contribution in [0.5, 0.6) is 0 Å². The molecule has 2 atom stereocenters. The van der Waals surface area contributed by atoms with Crippen molar-refractivity contribution >= 4 is 29.0 Å². The molecule has 0 radical (unpaired) electrons. The average Bonchev–Trinajstić information content (AvgIpc) is 3.11. The van der Waals surface area contributed by atoms with E-state index in [0.717, 1.165) is 11.1 Å². The standard InChI is InChI=1S/C20H21ClF4N6O2/c1-19(2,33)15(22)10-30(16-4-3-11(6-27-16)17(26)32)14(5-20(23,24)25)13-8-29-31-9-12(21)7-28-18(13)31/h3-4,6-9,14-15,33H,5,10H2,1-2H3,(H2,26,32)/t14-,15-/m1/s1. The molecule has 0 unspecified atom stereocenters. The molecule has 33 heavy (non-hydrogen) atoms. The maximum atomic E-state index is 14.9. The predicted molar refractivity (Wildman–Crippen MR) is 113 cm³/mol. The van der Waals surface area contributed by atoms with E-state index < -0.39 is 42.9 Å². The molecule has 0 saturated heterocycles. The predicted octanol–water partition coefficient (Wildman–Crippen LogP) is 3.49. The number of aromatic nitrogens is 4. The van der Waals surface area contributed by atoms with Gasteiger partial charge in [-0.3, -0.25) is 4.79 Å². The molecule has 3 N–H and O–H groups in total. The van der Waals surface area contributed by atoms with Gasteiger partial charge in [0.25, 0.3) is 0 Å². The molecule has 0 bridgehead atoms. The van der Waals surface area contributed by atoms with Crippen LogP contribution in [0.1, 0.15) is 42.2 Å². The van der Waals surface area contributed by atoms with Crippen LogP contribution in [0.25, 0.3) is 5.65 Å². The van der Waals surface area contributed by atoms with Crippen LogP contribution in [-0.2, 0) is 0 Å². The van der Waals surface area contributed by atoms with Gasteiger partial charge in [0, 0.05) is 18.0 Å². The number of carbonyl (C=O) groups excluding carboxylic acids is 1. The maximum absolute atomic E-state index is 14.9. The lowest BCUT2D eigenvalue weighted by Gasteiger charge is -2.36. The normalized spacial score (nSPS) is 14.3. The molecule has 1 amide bonds. The van der Waals surface area contributed by atoms with Gasteiger partial charge in [-0.15, -0.1) is 0 Å². The van der Waals surface area contributed by atoms with Gasteiger partial charge >= 0.3 is 6.18 Å². The van der Waals surface area contributed by atoms with Gasteiger partial charge in [-0.25, -0.2) is 18.9 Å². The zero-order valence-electron chi connectivity index (χ0n) is 17.6. The Morgan fingerprint density at radius 1 is 1.24 bits per heavy atom. The fourth-order valence-electron chi connectivity index (χ4n) is 3.19. The van der Waals surface area contributed by atoms with E-state index in [0.29, 0.717) is 0 Å². The Hall–Kier alpha value is -2.99. The highest BCUT2D eigenvalue weighted by atomic mass is 35.5. The largest absolute Gasteiger partial charge is 0.391 e. The first-order valence-electron chi connectivity index (χ1n) is 9.70. The van der Waals surface area contributed by atoms with Crippen molar-refractivity contribution in [3.63, 3.8) is 0 Å². The minimum atomic E-state index is -4.66. The summed E-state index contributed by atoms with van der Waals surface area (Å²) in [6, 6.07) is 1.02. The number of carbonyl (C=O) groups is 1. The highest BCUT2D eigenvalue weighted by molar-refractivity contribution is 6.30. The minimum Gasteiger partial charge on any atom is -0.387 e. The molecule has 178 valence electrons. The molecule has 0 spiro atoms. The van der Waals surface area contributed by atoms with E-state index in [2.05, 4.69) is 15.1 Å². The van der Waals surface area contributed by atoms with Crippen molar-refractivity contribution in [3.8, 4) is 0 Å². The van der Waals surface area contributed by atoms with E-state index in [1.807, 2.05) is 0 Å². The number of anilines is 1. The summed E-state index contributed by atoms with van der Waals surface area (Å²) in [6.07, 6.45) is -3.09. The molecule has 3 aromatic rings. The first-order valence-corrected chi connectivity index (χ1v) is 10.1. The third-order valence-electron chi connectivity index (χ3n) is 4.96. The Kier molecular flexibility index (Phi) is 6.80. The van der Waals surface area contributed by atoms with E-state index in [9.17, 15) is 27.5 Å². The van der Waals surface area contributed by atoms with Crippen LogP contribution >= 0.6 is 11.6 Å². The first kappa shape index (κ1) is 24.6. The number of rotatable bonds is 8.